The average Bonchev–Trinajstić information content (AvgIpc) is 2.71. The van der Waals surface area contributed by atoms with Crippen LogP contribution in [0.4, 0.5) is 5.69 Å². The summed E-state index contributed by atoms with van der Waals surface area (Å²) in [7, 11) is -3.92. The van der Waals surface area contributed by atoms with E-state index in [1.807, 2.05) is 0 Å². The van der Waals surface area contributed by atoms with E-state index in [1.165, 1.54) is 0 Å². The highest BCUT2D eigenvalue weighted by Gasteiger charge is 2.26. The largest absolute Gasteiger partial charge is 0.383 e. The molecule has 9 nitrogen and oxygen atoms in total. The Bertz CT molecular complexity index is 1240. The number of amidine groups is 1. The van der Waals surface area contributed by atoms with E-state index in [1.54, 1.807) is 43.3 Å². The Morgan fingerprint density at radius 1 is 1.29 bits per heavy atom. The van der Waals surface area contributed by atoms with Crippen molar-refractivity contribution in [1.82, 2.24) is 10.3 Å². The third-order valence-corrected chi connectivity index (χ3v) is 5.91. The van der Waals surface area contributed by atoms with Gasteiger partial charge in [-0.3, -0.25) is 19.3 Å². The Balaban J connectivity index is 2.13. The maximum atomic E-state index is 12.8. The zero-order chi connectivity index (χ0) is 22.6. The fraction of sp³-hybridized carbons (Fsp3) is 0.190. The molecule has 10 heteroatoms. The highest BCUT2D eigenvalue weighted by Crippen LogP contribution is 2.31. The number of rotatable bonds is 8. The number of nitrogens with one attached hydrogen (secondary N) is 3. The minimum absolute atomic E-state index is 0.107. The summed E-state index contributed by atoms with van der Waals surface area (Å²) in [5.74, 6) is -0.182. The third-order valence-electron chi connectivity index (χ3n) is 4.68. The van der Waals surface area contributed by atoms with Crippen LogP contribution in [0.3, 0.4) is 0 Å². The molecular weight excluding hydrogens is 418 g/mol. The predicted octanol–water partition coefficient (Wildman–Crippen LogP) is 1.05. The summed E-state index contributed by atoms with van der Waals surface area (Å²) in [5, 5.41) is 2.56. The van der Waals surface area contributed by atoms with Crippen LogP contribution < -0.4 is 21.3 Å². The molecule has 0 atom stereocenters. The lowest BCUT2D eigenvalue weighted by Crippen LogP contribution is -2.29. The maximum Gasteiger partial charge on any atom is 0.273 e. The number of sulfonamides is 1. The summed E-state index contributed by atoms with van der Waals surface area (Å²) in [6.45, 7) is 5.98. The van der Waals surface area contributed by atoms with Crippen molar-refractivity contribution >= 4 is 33.5 Å². The number of carbonyl (C=O) groups is 1. The van der Waals surface area contributed by atoms with Gasteiger partial charge in [0.25, 0.3) is 5.56 Å². The van der Waals surface area contributed by atoms with Gasteiger partial charge in [-0.15, -0.1) is 0 Å². The molecule has 0 radical (unpaired) electrons. The van der Waals surface area contributed by atoms with Crippen LogP contribution in [-0.2, 0) is 20.6 Å². The predicted molar refractivity (Wildman–Crippen MR) is 121 cm³/mol. The molecule has 31 heavy (non-hydrogen) atoms. The Kier molecular flexibility index (Phi) is 6.40. The van der Waals surface area contributed by atoms with Crippen LogP contribution >= 0.6 is 0 Å². The second-order valence-corrected chi connectivity index (χ2v) is 8.80. The van der Waals surface area contributed by atoms with Crippen molar-refractivity contribution in [2.75, 3.05) is 17.8 Å². The van der Waals surface area contributed by atoms with Crippen LogP contribution in [0.15, 0.2) is 63.9 Å². The van der Waals surface area contributed by atoms with Crippen molar-refractivity contribution in [2.24, 2.45) is 10.7 Å². The van der Waals surface area contributed by atoms with Gasteiger partial charge in [-0.2, -0.15) is 0 Å². The molecule has 1 aliphatic heterocycles. The number of aromatic nitrogens is 1. The minimum Gasteiger partial charge on any atom is -0.383 e. The van der Waals surface area contributed by atoms with Crippen LogP contribution in [-0.4, -0.2) is 38.7 Å². The molecule has 1 amide bonds. The highest BCUT2D eigenvalue weighted by molar-refractivity contribution is 7.91. The first-order chi connectivity index (χ1) is 14.7. The smallest absolute Gasteiger partial charge is 0.273 e. The first-order valence-electron chi connectivity index (χ1n) is 9.39. The van der Waals surface area contributed by atoms with E-state index in [4.69, 9.17) is 5.73 Å². The summed E-state index contributed by atoms with van der Waals surface area (Å²) in [6.07, 6.45) is 0.534. The maximum absolute atomic E-state index is 12.8. The van der Waals surface area contributed by atoms with Gasteiger partial charge in [-0.25, -0.2) is 8.42 Å². The molecule has 1 aliphatic rings. The monoisotopic (exact) mass is 441 g/mol. The number of hydrogen-bond acceptors (Lipinski definition) is 6. The SMILES string of the molecule is C=C1CN=C(N)C(c2cc(C)[nH]c(=O)c2NS(=O)(=O)Cc2ccccc2)=C1CNC=O. The number of aromatic amines is 1. The highest BCUT2D eigenvalue weighted by atomic mass is 32.2. The number of pyridine rings is 1. The number of nitrogens with zero attached hydrogens (tertiary/aromatic N) is 1. The summed E-state index contributed by atoms with van der Waals surface area (Å²) >= 11 is 0. The van der Waals surface area contributed by atoms with E-state index in [0.717, 1.165) is 0 Å². The molecule has 1 aromatic carbocycles. The van der Waals surface area contributed by atoms with Crippen molar-refractivity contribution in [2.45, 2.75) is 12.7 Å². The number of hydrogen-bond donors (Lipinski definition) is 4. The van der Waals surface area contributed by atoms with Crippen LogP contribution in [0.25, 0.3) is 5.57 Å². The number of benzene rings is 1. The fourth-order valence-electron chi connectivity index (χ4n) is 3.32. The zero-order valence-electron chi connectivity index (χ0n) is 16.9. The van der Waals surface area contributed by atoms with Gasteiger partial charge in [-0.1, -0.05) is 36.9 Å². The normalized spacial score (nSPS) is 14.2. The number of nitrogens with two attached hydrogens (primary N) is 1. The van der Waals surface area contributed by atoms with E-state index >= 15 is 0 Å². The number of aryl methyl sites for hydroxylation is 1. The second-order valence-electron chi connectivity index (χ2n) is 7.07. The molecule has 2 heterocycles. The van der Waals surface area contributed by atoms with Crippen molar-refractivity contribution in [1.29, 1.82) is 0 Å². The number of H-pyrrole nitrogens is 1. The van der Waals surface area contributed by atoms with Crippen LogP contribution in [0, 0.1) is 6.92 Å². The standard InChI is InChI=1S/C21H23N5O4S/c1-13-9-24-20(22)18(17(13)10-23-12-27)16-8-14(2)25-21(28)19(16)26-31(29,30)11-15-6-4-3-5-7-15/h3-8,12,26H,1,9-11H2,2H3,(H2,22,24)(H,23,27)(H,25,28). The number of dihydropyridines is 1. The Hall–Kier alpha value is -3.66. The number of aliphatic imine (C=N–C) groups is 1. The van der Waals surface area contributed by atoms with Gasteiger partial charge in [0.15, 0.2) is 0 Å². The van der Waals surface area contributed by atoms with E-state index in [9.17, 15) is 18.0 Å². The number of carbonyl (C=O) groups excluding carboxylic acids is 1. The average molecular weight is 442 g/mol. The zero-order valence-corrected chi connectivity index (χ0v) is 17.8. The van der Waals surface area contributed by atoms with Crippen molar-refractivity contribution in [3.8, 4) is 0 Å². The molecule has 0 bridgehead atoms. The Morgan fingerprint density at radius 3 is 2.68 bits per heavy atom. The molecule has 1 aromatic heterocycles. The summed E-state index contributed by atoms with van der Waals surface area (Å²) in [5.41, 5.74) is 8.23. The van der Waals surface area contributed by atoms with Gasteiger partial charge in [0.1, 0.15) is 11.5 Å². The van der Waals surface area contributed by atoms with Crippen molar-refractivity contribution in [3.05, 3.63) is 81.3 Å². The van der Waals surface area contributed by atoms with Crippen molar-refractivity contribution in [3.63, 3.8) is 0 Å². The third kappa shape index (κ3) is 5.10. The summed E-state index contributed by atoms with van der Waals surface area (Å²) in [6, 6.07) is 10.2. The van der Waals surface area contributed by atoms with Gasteiger partial charge in [0, 0.05) is 23.4 Å². The second kappa shape index (κ2) is 9.00. The molecule has 162 valence electrons. The topological polar surface area (TPSA) is 147 Å². The summed E-state index contributed by atoms with van der Waals surface area (Å²) in [4.78, 5) is 30.4. The van der Waals surface area contributed by atoms with E-state index < -0.39 is 15.6 Å². The van der Waals surface area contributed by atoms with E-state index in [0.29, 0.717) is 34.4 Å². The molecule has 0 unspecified atom stereocenters. The van der Waals surface area contributed by atoms with Crippen molar-refractivity contribution < 1.29 is 13.2 Å². The molecule has 0 saturated heterocycles. The number of amides is 1. The van der Waals surface area contributed by atoms with Gasteiger partial charge in [-0.05, 0) is 29.7 Å². The molecule has 5 N–H and O–H groups in total. The van der Waals surface area contributed by atoms with Crippen LogP contribution in [0.2, 0.25) is 0 Å². The first kappa shape index (κ1) is 22.0. The van der Waals surface area contributed by atoms with E-state index in [2.05, 4.69) is 26.6 Å². The lowest BCUT2D eigenvalue weighted by Gasteiger charge is -2.23. The lowest BCUT2D eigenvalue weighted by molar-refractivity contribution is -0.109. The molecular formula is C21H23N5O4S. The summed E-state index contributed by atoms with van der Waals surface area (Å²) < 4.78 is 28.1. The fourth-order valence-corrected chi connectivity index (χ4v) is 4.53. The van der Waals surface area contributed by atoms with Gasteiger partial charge >= 0.3 is 0 Å². The quantitative estimate of drug-likeness (QED) is 0.452. The van der Waals surface area contributed by atoms with Crippen LogP contribution in [0.5, 0.6) is 0 Å². The molecule has 0 aliphatic carbocycles. The Morgan fingerprint density at radius 2 is 2.00 bits per heavy atom. The number of anilines is 1. The van der Waals surface area contributed by atoms with Gasteiger partial charge in [0.2, 0.25) is 16.4 Å². The molecule has 2 aromatic rings. The van der Waals surface area contributed by atoms with Crippen LogP contribution in [0.1, 0.15) is 16.8 Å². The minimum atomic E-state index is -3.92. The molecule has 0 spiro atoms. The lowest BCUT2D eigenvalue weighted by atomic mass is 9.91. The first-order valence-corrected chi connectivity index (χ1v) is 11.0. The van der Waals surface area contributed by atoms with Gasteiger partial charge < -0.3 is 16.0 Å². The molecule has 3 rings (SSSR count). The molecule has 0 fully saturated rings. The molecule has 0 saturated carbocycles. The Labute approximate surface area is 179 Å². The van der Waals surface area contributed by atoms with Gasteiger partial charge in [0.05, 0.1) is 12.3 Å². The van der Waals surface area contributed by atoms with E-state index in [-0.39, 0.29) is 35.9 Å².